The molecule has 1 amide bonds. The number of carbonyl (C=O) groups is 1. The van der Waals surface area contributed by atoms with E-state index in [1.807, 2.05) is 47.0 Å². The van der Waals surface area contributed by atoms with Gasteiger partial charge in [0, 0.05) is 22.4 Å². The van der Waals surface area contributed by atoms with Crippen molar-refractivity contribution in [2.75, 3.05) is 12.3 Å². The standard InChI is InChI=1S/C28H30BrN5O2S2/c1-27(2)11-18-12-28(3,14-27)15-33(18)16-34-21-9-8-17(29)10-19(21)24(25(34)36)32-31-23(35)13-37-26-30-20-6-4-5-7-22(20)38-26/h4-10,18,36H,11-16H2,1-3H3/t18-,28-/m1/s1. The van der Waals surface area contributed by atoms with E-state index in [1.165, 1.54) is 24.6 Å². The van der Waals surface area contributed by atoms with Crippen LogP contribution in [0.2, 0.25) is 0 Å². The molecule has 2 bridgehead atoms. The number of thioether (sulfide) groups is 1. The molecular weight excluding hydrogens is 582 g/mol. The van der Waals surface area contributed by atoms with Crippen LogP contribution >= 0.6 is 39.0 Å². The predicted molar refractivity (Wildman–Crippen MR) is 157 cm³/mol. The van der Waals surface area contributed by atoms with Gasteiger partial charge in [-0.25, -0.2) is 4.98 Å². The minimum Gasteiger partial charge on any atom is -0.493 e. The van der Waals surface area contributed by atoms with Gasteiger partial charge in [0.1, 0.15) is 0 Å². The Hall–Kier alpha value is -2.27. The Bertz CT molecular complexity index is 1550. The van der Waals surface area contributed by atoms with E-state index >= 15 is 0 Å². The van der Waals surface area contributed by atoms with Crippen molar-refractivity contribution in [3.63, 3.8) is 0 Å². The van der Waals surface area contributed by atoms with E-state index in [4.69, 9.17) is 0 Å². The molecular formula is C28H30BrN5O2S2. The van der Waals surface area contributed by atoms with Crippen LogP contribution in [0.25, 0.3) is 21.1 Å². The molecule has 1 N–H and O–H groups in total. The summed E-state index contributed by atoms with van der Waals surface area (Å²) in [4.78, 5) is 19.7. The SMILES string of the molecule is CC1(C)C[C@@H]2C[C@@](C)(CN2Cn2c(O)c(N=NC(=O)CSc3nc4ccccc4s3)c3cc(Br)ccc32)C1. The van der Waals surface area contributed by atoms with Gasteiger partial charge in [-0.1, -0.05) is 60.6 Å². The lowest BCUT2D eigenvalue weighted by Gasteiger charge is -2.40. The largest absolute Gasteiger partial charge is 0.493 e. The normalized spacial score (nSPS) is 23.2. The third-order valence-corrected chi connectivity index (χ3v) is 10.3. The number of azo groups is 1. The van der Waals surface area contributed by atoms with Gasteiger partial charge in [-0.2, -0.15) is 0 Å². The summed E-state index contributed by atoms with van der Waals surface area (Å²) in [7, 11) is 0. The number of hydrogen-bond donors (Lipinski definition) is 1. The fourth-order valence-electron chi connectivity index (χ4n) is 6.63. The highest BCUT2D eigenvalue weighted by Gasteiger charge is 2.49. The summed E-state index contributed by atoms with van der Waals surface area (Å²) in [6.45, 7) is 8.72. The minimum absolute atomic E-state index is 0.0411. The molecule has 7 nitrogen and oxygen atoms in total. The number of likely N-dealkylation sites (tertiary alicyclic amines) is 1. The van der Waals surface area contributed by atoms with Crippen molar-refractivity contribution < 1.29 is 9.90 Å². The molecule has 38 heavy (non-hydrogen) atoms. The summed E-state index contributed by atoms with van der Waals surface area (Å²) in [6, 6.07) is 14.3. The van der Waals surface area contributed by atoms with Crippen LogP contribution in [0.3, 0.4) is 0 Å². The summed E-state index contributed by atoms with van der Waals surface area (Å²) in [5, 5.41) is 20.3. The molecule has 0 unspecified atom stereocenters. The topological polar surface area (TPSA) is 83.1 Å². The van der Waals surface area contributed by atoms with Gasteiger partial charge in [0.05, 0.1) is 28.2 Å². The molecule has 6 rings (SSSR count). The first-order valence-electron chi connectivity index (χ1n) is 12.8. The molecule has 2 atom stereocenters. The van der Waals surface area contributed by atoms with Gasteiger partial charge < -0.3 is 5.11 Å². The first-order chi connectivity index (χ1) is 18.1. The number of thiazole rings is 1. The Morgan fingerprint density at radius 1 is 1.24 bits per heavy atom. The molecule has 10 heteroatoms. The van der Waals surface area contributed by atoms with Crippen LogP contribution in [0.1, 0.15) is 40.0 Å². The van der Waals surface area contributed by atoms with Gasteiger partial charge in [0.25, 0.3) is 5.91 Å². The quantitative estimate of drug-likeness (QED) is 0.176. The number of amides is 1. The van der Waals surface area contributed by atoms with Crippen molar-refractivity contribution in [3.8, 4) is 5.88 Å². The third kappa shape index (κ3) is 5.03. The highest BCUT2D eigenvalue weighted by molar-refractivity contribution is 9.10. The second kappa shape index (κ2) is 9.73. The summed E-state index contributed by atoms with van der Waals surface area (Å²) in [6.07, 6.45) is 3.56. The van der Waals surface area contributed by atoms with Gasteiger partial charge in [-0.15, -0.1) is 21.6 Å². The van der Waals surface area contributed by atoms with E-state index in [0.29, 0.717) is 29.2 Å². The van der Waals surface area contributed by atoms with Crippen molar-refractivity contribution in [1.29, 1.82) is 0 Å². The molecule has 2 aliphatic rings. The smallest absolute Gasteiger partial charge is 0.274 e. The number of benzene rings is 2. The second-order valence-electron chi connectivity index (χ2n) is 11.7. The predicted octanol–water partition coefficient (Wildman–Crippen LogP) is 7.98. The number of carbonyl (C=O) groups excluding carboxylic acids is 1. The zero-order valence-electron chi connectivity index (χ0n) is 21.6. The number of aromatic nitrogens is 2. The van der Waals surface area contributed by atoms with Crippen molar-refractivity contribution >= 4 is 71.7 Å². The van der Waals surface area contributed by atoms with Crippen LogP contribution in [0, 0.1) is 10.8 Å². The highest BCUT2D eigenvalue weighted by Crippen LogP contribution is 2.53. The molecule has 2 aromatic heterocycles. The maximum Gasteiger partial charge on any atom is 0.274 e. The summed E-state index contributed by atoms with van der Waals surface area (Å²) in [5.41, 5.74) is 2.75. The zero-order valence-corrected chi connectivity index (χ0v) is 24.9. The Balaban J connectivity index is 1.23. The van der Waals surface area contributed by atoms with E-state index in [0.717, 1.165) is 42.9 Å². The van der Waals surface area contributed by atoms with Crippen molar-refractivity contribution in [3.05, 3.63) is 46.9 Å². The van der Waals surface area contributed by atoms with Crippen molar-refractivity contribution in [2.45, 2.75) is 57.1 Å². The second-order valence-corrected chi connectivity index (χ2v) is 14.9. The molecule has 2 fully saturated rings. The first-order valence-corrected chi connectivity index (χ1v) is 15.4. The number of rotatable bonds is 6. The van der Waals surface area contributed by atoms with Gasteiger partial charge in [0.15, 0.2) is 10.0 Å². The molecule has 3 heterocycles. The molecule has 0 spiro atoms. The lowest BCUT2D eigenvalue weighted by atomic mass is 9.65. The molecule has 1 aliphatic heterocycles. The molecule has 0 radical (unpaired) electrons. The molecule has 1 aliphatic carbocycles. The average Bonchev–Trinajstić information content (AvgIpc) is 3.45. The van der Waals surface area contributed by atoms with Crippen LogP contribution in [0.4, 0.5) is 5.69 Å². The maximum absolute atomic E-state index is 12.6. The van der Waals surface area contributed by atoms with Crippen LogP contribution < -0.4 is 0 Å². The van der Waals surface area contributed by atoms with Crippen molar-refractivity contribution in [1.82, 2.24) is 14.5 Å². The lowest BCUT2D eigenvalue weighted by molar-refractivity contribution is -0.115. The Morgan fingerprint density at radius 2 is 2.05 bits per heavy atom. The van der Waals surface area contributed by atoms with Gasteiger partial charge >= 0.3 is 0 Å². The summed E-state index contributed by atoms with van der Waals surface area (Å²) < 4.78 is 4.70. The van der Waals surface area contributed by atoms with Crippen LogP contribution in [-0.4, -0.2) is 43.8 Å². The molecule has 2 aromatic carbocycles. The van der Waals surface area contributed by atoms with E-state index in [9.17, 15) is 9.90 Å². The number of fused-ring (bicyclic) bond motifs is 4. The monoisotopic (exact) mass is 611 g/mol. The van der Waals surface area contributed by atoms with E-state index in [-0.39, 0.29) is 17.5 Å². The summed E-state index contributed by atoms with van der Waals surface area (Å²) >= 11 is 6.46. The third-order valence-electron chi connectivity index (χ3n) is 7.67. The average molecular weight is 613 g/mol. The minimum atomic E-state index is -0.368. The summed E-state index contributed by atoms with van der Waals surface area (Å²) in [5.74, 6) is -0.191. The fourth-order valence-corrected chi connectivity index (χ4v) is 8.84. The van der Waals surface area contributed by atoms with E-state index in [2.05, 4.69) is 56.8 Å². The van der Waals surface area contributed by atoms with Crippen molar-refractivity contribution in [2.24, 2.45) is 21.1 Å². The molecule has 1 saturated carbocycles. The fraction of sp³-hybridized carbons (Fsp3) is 0.429. The Labute approximate surface area is 238 Å². The van der Waals surface area contributed by atoms with Gasteiger partial charge in [0.2, 0.25) is 5.88 Å². The maximum atomic E-state index is 12.6. The van der Waals surface area contributed by atoms with Crippen LogP contribution in [0.5, 0.6) is 5.88 Å². The first kappa shape index (κ1) is 26.0. The highest BCUT2D eigenvalue weighted by atomic mass is 79.9. The van der Waals surface area contributed by atoms with Crippen LogP contribution in [-0.2, 0) is 11.5 Å². The number of para-hydroxylation sites is 1. The van der Waals surface area contributed by atoms with E-state index < -0.39 is 0 Å². The molecule has 1 saturated heterocycles. The number of aromatic hydroxyl groups is 1. The Kier molecular flexibility index (Phi) is 6.65. The van der Waals surface area contributed by atoms with E-state index in [1.54, 1.807) is 11.3 Å². The zero-order chi connectivity index (χ0) is 26.7. The number of hydrogen-bond acceptors (Lipinski definition) is 7. The van der Waals surface area contributed by atoms with Gasteiger partial charge in [-0.3, -0.25) is 14.3 Å². The van der Waals surface area contributed by atoms with Crippen LogP contribution in [0.15, 0.2) is 61.5 Å². The molecule has 198 valence electrons. The lowest BCUT2D eigenvalue weighted by Crippen LogP contribution is -2.35. The van der Waals surface area contributed by atoms with Gasteiger partial charge in [-0.05, 0) is 60.4 Å². The number of nitrogens with zero attached hydrogens (tertiary/aromatic N) is 5. The Morgan fingerprint density at radius 3 is 2.87 bits per heavy atom. The molecule has 4 aromatic rings. The number of halogens is 1.